The van der Waals surface area contributed by atoms with Gasteiger partial charge in [-0.25, -0.2) is 0 Å². The zero-order valence-corrected chi connectivity index (χ0v) is 8.62. The average Bonchev–Trinajstić information content (AvgIpc) is 2.15. The van der Waals surface area contributed by atoms with Crippen molar-refractivity contribution < 1.29 is 9.84 Å². The van der Waals surface area contributed by atoms with E-state index in [9.17, 15) is 5.11 Å². The zero-order chi connectivity index (χ0) is 9.68. The van der Waals surface area contributed by atoms with Crippen molar-refractivity contribution in [2.24, 2.45) is 0 Å². The van der Waals surface area contributed by atoms with E-state index in [1.54, 1.807) is 14.0 Å². The Bertz CT molecular complexity index is 236. The molecule has 1 N–H and O–H groups in total. The third-order valence-electron chi connectivity index (χ3n) is 1.62. The Labute approximate surface area is 82.9 Å². The van der Waals surface area contributed by atoms with E-state index < -0.39 is 6.10 Å². The molecule has 0 aliphatic heterocycles. The highest BCUT2D eigenvalue weighted by Gasteiger charge is 2.14. The molecule has 2 unspecified atom stereocenters. The van der Waals surface area contributed by atoms with Gasteiger partial charge >= 0.3 is 0 Å². The molecule has 1 rings (SSSR count). The molecule has 2 nitrogen and oxygen atoms in total. The zero-order valence-electron chi connectivity index (χ0n) is 7.81. The molecule has 0 aliphatic carbocycles. The molecule has 0 aliphatic rings. The molecular weight excluding hydrogens is 184 g/mol. The van der Waals surface area contributed by atoms with E-state index in [1.807, 2.05) is 30.3 Å². The van der Waals surface area contributed by atoms with E-state index in [1.165, 1.54) is 11.8 Å². The lowest BCUT2D eigenvalue weighted by Crippen LogP contribution is -2.20. The molecule has 0 aromatic heterocycles. The van der Waals surface area contributed by atoms with Crippen LogP contribution < -0.4 is 0 Å². The first kappa shape index (κ1) is 10.6. The summed E-state index contributed by atoms with van der Waals surface area (Å²) < 4.78 is 5.13. The molecule has 13 heavy (non-hydrogen) atoms. The van der Waals surface area contributed by atoms with Crippen molar-refractivity contribution in [2.75, 3.05) is 7.11 Å². The number of aliphatic hydroxyl groups is 1. The molecule has 0 amide bonds. The molecule has 1 aromatic carbocycles. The van der Waals surface area contributed by atoms with Crippen LogP contribution in [-0.2, 0) is 4.74 Å². The van der Waals surface area contributed by atoms with Crippen LogP contribution in [0.4, 0.5) is 0 Å². The van der Waals surface area contributed by atoms with Gasteiger partial charge in [0.15, 0.2) is 0 Å². The summed E-state index contributed by atoms with van der Waals surface area (Å²) in [4.78, 5) is 1.11. The number of hydrogen-bond acceptors (Lipinski definition) is 3. The molecule has 0 bridgehead atoms. The fourth-order valence-corrected chi connectivity index (χ4v) is 1.85. The Morgan fingerprint density at radius 3 is 2.38 bits per heavy atom. The summed E-state index contributed by atoms with van der Waals surface area (Å²) in [5.41, 5.74) is -0.192. The summed E-state index contributed by atoms with van der Waals surface area (Å²) in [6.45, 7) is 1.73. The molecule has 0 saturated heterocycles. The minimum absolute atomic E-state index is 0.192. The molecule has 0 radical (unpaired) electrons. The van der Waals surface area contributed by atoms with Crippen molar-refractivity contribution in [3.63, 3.8) is 0 Å². The maximum Gasteiger partial charge on any atom is 0.132 e. The van der Waals surface area contributed by atoms with Gasteiger partial charge in [-0.2, -0.15) is 0 Å². The van der Waals surface area contributed by atoms with E-state index in [0.29, 0.717) is 0 Å². The predicted molar refractivity (Wildman–Crippen MR) is 54.8 cm³/mol. The number of methoxy groups -OCH3 is 1. The van der Waals surface area contributed by atoms with Crippen LogP contribution in [0, 0.1) is 0 Å². The van der Waals surface area contributed by atoms with Gasteiger partial charge in [-0.05, 0) is 19.1 Å². The summed E-state index contributed by atoms with van der Waals surface area (Å²) in [5.74, 6) is 0. The average molecular weight is 198 g/mol. The number of hydrogen-bond donors (Lipinski definition) is 1. The van der Waals surface area contributed by atoms with Crippen LogP contribution in [0.5, 0.6) is 0 Å². The maximum atomic E-state index is 9.33. The molecule has 1 aromatic rings. The lowest BCUT2D eigenvalue weighted by atomic mass is 10.4. The van der Waals surface area contributed by atoms with Crippen LogP contribution in [0.1, 0.15) is 6.92 Å². The minimum Gasteiger partial charge on any atom is -0.390 e. The van der Waals surface area contributed by atoms with E-state index in [-0.39, 0.29) is 5.44 Å². The third-order valence-corrected chi connectivity index (χ3v) is 2.98. The monoisotopic (exact) mass is 198 g/mol. The Balaban J connectivity index is 2.57. The Hall–Kier alpha value is -0.510. The first-order chi connectivity index (χ1) is 6.24. The van der Waals surface area contributed by atoms with Crippen molar-refractivity contribution in [3.8, 4) is 0 Å². The fourth-order valence-electron chi connectivity index (χ4n) is 0.977. The van der Waals surface area contributed by atoms with Crippen LogP contribution in [0.3, 0.4) is 0 Å². The van der Waals surface area contributed by atoms with Crippen molar-refractivity contribution in [3.05, 3.63) is 30.3 Å². The highest BCUT2D eigenvalue weighted by atomic mass is 32.2. The van der Waals surface area contributed by atoms with Crippen LogP contribution in [-0.4, -0.2) is 23.8 Å². The van der Waals surface area contributed by atoms with E-state index in [4.69, 9.17) is 4.74 Å². The molecule has 0 heterocycles. The van der Waals surface area contributed by atoms with Gasteiger partial charge in [0.05, 0.1) is 6.10 Å². The summed E-state index contributed by atoms with van der Waals surface area (Å²) >= 11 is 1.52. The largest absolute Gasteiger partial charge is 0.390 e. The number of benzene rings is 1. The molecule has 0 fully saturated rings. The summed E-state index contributed by atoms with van der Waals surface area (Å²) in [6, 6.07) is 9.90. The summed E-state index contributed by atoms with van der Waals surface area (Å²) in [7, 11) is 1.60. The van der Waals surface area contributed by atoms with Crippen LogP contribution in [0.15, 0.2) is 35.2 Å². The second-order valence-electron chi connectivity index (χ2n) is 2.78. The third kappa shape index (κ3) is 3.38. The second kappa shape index (κ2) is 5.27. The molecule has 0 spiro atoms. The van der Waals surface area contributed by atoms with Gasteiger partial charge in [0.2, 0.25) is 0 Å². The van der Waals surface area contributed by atoms with Crippen molar-refractivity contribution in [1.82, 2.24) is 0 Å². The fraction of sp³-hybridized carbons (Fsp3) is 0.400. The SMILES string of the molecule is COC(Sc1ccccc1)C(C)O. The highest BCUT2D eigenvalue weighted by Crippen LogP contribution is 2.25. The van der Waals surface area contributed by atoms with Gasteiger partial charge < -0.3 is 9.84 Å². The highest BCUT2D eigenvalue weighted by molar-refractivity contribution is 7.99. The Kier molecular flexibility index (Phi) is 4.28. The second-order valence-corrected chi connectivity index (χ2v) is 3.95. The molecular formula is C10H14O2S. The van der Waals surface area contributed by atoms with Gasteiger partial charge in [-0.15, -0.1) is 0 Å². The van der Waals surface area contributed by atoms with Crippen LogP contribution >= 0.6 is 11.8 Å². The van der Waals surface area contributed by atoms with Gasteiger partial charge in [-0.3, -0.25) is 0 Å². The van der Waals surface area contributed by atoms with Crippen LogP contribution in [0.25, 0.3) is 0 Å². The first-order valence-electron chi connectivity index (χ1n) is 4.16. The molecule has 0 saturated carbocycles. The van der Waals surface area contributed by atoms with Gasteiger partial charge in [0.25, 0.3) is 0 Å². The summed E-state index contributed by atoms with van der Waals surface area (Å²) in [6.07, 6.45) is -0.463. The Morgan fingerprint density at radius 1 is 1.31 bits per heavy atom. The Morgan fingerprint density at radius 2 is 1.92 bits per heavy atom. The lowest BCUT2D eigenvalue weighted by Gasteiger charge is -2.17. The molecule has 72 valence electrons. The van der Waals surface area contributed by atoms with E-state index in [2.05, 4.69) is 0 Å². The topological polar surface area (TPSA) is 29.5 Å². The quantitative estimate of drug-likeness (QED) is 0.593. The number of rotatable bonds is 4. The lowest BCUT2D eigenvalue weighted by molar-refractivity contribution is 0.0532. The van der Waals surface area contributed by atoms with Crippen molar-refractivity contribution in [1.29, 1.82) is 0 Å². The number of thioether (sulfide) groups is 1. The van der Waals surface area contributed by atoms with Gasteiger partial charge in [-0.1, -0.05) is 30.0 Å². The van der Waals surface area contributed by atoms with Gasteiger partial charge in [0.1, 0.15) is 5.44 Å². The van der Waals surface area contributed by atoms with Crippen molar-refractivity contribution >= 4 is 11.8 Å². The number of aliphatic hydroxyl groups excluding tert-OH is 1. The number of ether oxygens (including phenoxy) is 1. The van der Waals surface area contributed by atoms with Crippen molar-refractivity contribution in [2.45, 2.75) is 23.4 Å². The first-order valence-corrected chi connectivity index (χ1v) is 5.04. The van der Waals surface area contributed by atoms with Gasteiger partial charge in [0, 0.05) is 12.0 Å². The predicted octanol–water partition coefficient (Wildman–Crippen LogP) is 2.13. The molecule has 2 atom stereocenters. The summed E-state index contributed by atoms with van der Waals surface area (Å²) in [5, 5.41) is 9.33. The van der Waals surface area contributed by atoms with Crippen LogP contribution in [0.2, 0.25) is 0 Å². The van der Waals surface area contributed by atoms with E-state index >= 15 is 0 Å². The maximum absolute atomic E-state index is 9.33. The minimum atomic E-state index is -0.463. The molecule has 3 heteroatoms. The smallest absolute Gasteiger partial charge is 0.132 e. The standard InChI is InChI=1S/C10H14O2S/c1-8(11)10(12-2)13-9-6-4-3-5-7-9/h3-8,10-11H,1-2H3. The normalized spacial score (nSPS) is 15.3. The van der Waals surface area contributed by atoms with E-state index in [0.717, 1.165) is 4.90 Å².